The Morgan fingerprint density at radius 1 is 1.50 bits per heavy atom. The average Bonchev–Trinajstić information content (AvgIpc) is 2.43. The Morgan fingerprint density at radius 2 is 2.27 bits per heavy atom. The van der Waals surface area contributed by atoms with Gasteiger partial charge in [0.15, 0.2) is 0 Å². The Bertz CT molecular complexity index is 494. The number of carbonyl (C=O) groups is 1. The third-order valence-corrected chi connectivity index (χ3v) is 4.24. The van der Waals surface area contributed by atoms with E-state index in [1.807, 2.05) is 19.1 Å². The molecule has 0 spiro atoms. The quantitative estimate of drug-likeness (QED) is 0.862. The molecule has 1 aliphatic rings. The first-order valence-corrected chi connectivity index (χ1v) is 7.94. The third-order valence-electron chi connectivity index (χ3n) is 4.01. The van der Waals surface area contributed by atoms with Crippen molar-refractivity contribution in [2.75, 3.05) is 31.5 Å². The summed E-state index contributed by atoms with van der Waals surface area (Å²) in [4.78, 5) is 14.4. The first-order chi connectivity index (χ1) is 10.1. The minimum atomic E-state index is 0. The zero-order valence-corrected chi connectivity index (χ0v) is 14.6. The Hall–Kier alpha value is -0.810. The first-order valence-electron chi connectivity index (χ1n) is 7.57. The van der Waals surface area contributed by atoms with Crippen molar-refractivity contribution in [1.29, 1.82) is 0 Å². The highest BCUT2D eigenvalue weighted by molar-refractivity contribution is 6.30. The summed E-state index contributed by atoms with van der Waals surface area (Å²) in [5.41, 5.74) is 7.44. The molecule has 0 radical (unpaired) electrons. The fraction of sp³-hybridized carbons (Fsp3) is 0.562. The maximum atomic E-state index is 12.2. The second-order valence-corrected chi connectivity index (χ2v) is 6.26. The van der Waals surface area contributed by atoms with Crippen molar-refractivity contribution in [2.45, 2.75) is 26.2 Å². The molecule has 1 aromatic rings. The molecule has 1 atom stereocenters. The minimum absolute atomic E-state index is 0. The summed E-state index contributed by atoms with van der Waals surface area (Å²) in [7, 11) is 0. The fourth-order valence-electron chi connectivity index (χ4n) is 2.93. The lowest BCUT2D eigenvalue weighted by molar-refractivity contribution is -0.117. The van der Waals surface area contributed by atoms with Gasteiger partial charge in [0.2, 0.25) is 5.91 Å². The SMILES string of the molecule is Cc1cc(Cl)ccc1NC(=O)CN1CCCC(CCN)C1.Cl. The number of halogens is 2. The van der Waals surface area contributed by atoms with Gasteiger partial charge in [-0.3, -0.25) is 9.69 Å². The number of hydrogen-bond donors (Lipinski definition) is 2. The molecule has 1 unspecified atom stereocenters. The summed E-state index contributed by atoms with van der Waals surface area (Å²) in [6, 6.07) is 5.50. The van der Waals surface area contributed by atoms with Crippen molar-refractivity contribution < 1.29 is 4.79 Å². The molecular weight excluding hydrogens is 321 g/mol. The highest BCUT2D eigenvalue weighted by atomic mass is 35.5. The number of nitrogens with two attached hydrogens (primary N) is 1. The second kappa shape index (κ2) is 9.36. The molecule has 1 amide bonds. The van der Waals surface area contributed by atoms with Gasteiger partial charge in [0.25, 0.3) is 0 Å². The minimum Gasteiger partial charge on any atom is -0.330 e. The molecule has 1 aromatic carbocycles. The summed E-state index contributed by atoms with van der Waals surface area (Å²) in [5.74, 6) is 0.669. The summed E-state index contributed by atoms with van der Waals surface area (Å²) in [6.45, 7) is 5.09. The van der Waals surface area contributed by atoms with Crippen molar-refractivity contribution in [3.05, 3.63) is 28.8 Å². The van der Waals surface area contributed by atoms with Crippen molar-refractivity contribution >= 4 is 35.6 Å². The van der Waals surface area contributed by atoms with Crippen LogP contribution in [0.4, 0.5) is 5.69 Å². The van der Waals surface area contributed by atoms with E-state index in [-0.39, 0.29) is 18.3 Å². The number of nitrogens with zero attached hydrogens (tertiary/aromatic N) is 1. The topological polar surface area (TPSA) is 58.4 Å². The molecule has 1 aliphatic heterocycles. The third kappa shape index (κ3) is 5.76. The molecule has 1 saturated heterocycles. The standard InChI is InChI=1S/C16H24ClN3O.ClH/c1-12-9-14(17)4-5-15(12)19-16(21)11-20-8-2-3-13(10-20)6-7-18;/h4-5,9,13H,2-3,6-8,10-11,18H2,1H3,(H,19,21);1H. The van der Waals surface area contributed by atoms with Crippen LogP contribution in [-0.4, -0.2) is 37.0 Å². The normalized spacial score (nSPS) is 18.6. The molecule has 0 aromatic heterocycles. The summed E-state index contributed by atoms with van der Waals surface area (Å²) in [5, 5.41) is 3.65. The molecule has 0 saturated carbocycles. The highest BCUT2D eigenvalue weighted by Gasteiger charge is 2.21. The lowest BCUT2D eigenvalue weighted by atomic mass is 9.95. The Morgan fingerprint density at radius 3 is 2.95 bits per heavy atom. The van der Waals surface area contributed by atoms with Crippen molar-refractivity contribution in [3.8, 4) is 0 Å². The van der Waals surface area contributed by atoms with Gasteiger partial charge in [-0.15, -0.1) is 12.4 Å². The van der Waals surface area contributed by atoms with Crippen LogP contribution in [0.15, 0.2) is 18.2 Å². The molecular formula is C16H25Cl2N3O. The summed E-state index contributed by atoms with van der Waals surface area (Å²) < 4.78 is 0. The largest absolute Gasteiger partial charge is 0.330 e. The molecule has 0 bridgehead atoms. The van der Waals surface area contributed by atoms with Gasteiger partial charge in [0.1, 0.15) is 0 Å². The highest BCUT2D eigenvalue weighted by Crippen LogP contribution is 2.21. The van der Waals surface area contributed by atoms with Crippen LogP contribution in [0.1, 0.15) is 24.8 Å². The number of hydrogen-bond acceptors (Lipinski definition) is 3. The number of aryl methyl sites for hydroxylation is 1. The molecule has 22 heavy (non-hydrogen) atoms. The van der Waals surface area contributed by atoms with E-state index in [2.05, 4.69) is 10.2 Å². The Labute approximate surface area is 143 Å². The van der Waals surface area contributed by atoms with E-state index in [0.717, 1.165) is 43.7 Å². The number of anilines is 1. The second-order valence-electron chi connectivity index (χ2n) is 5.83. The van der Waals surface area contributed by atoms with Crippen LogP contribution in [0.2, 0.25) is 5.02 Å². The predicted octanol–water partition coefficient (Wildman–Crippen LogP) is 3.07. The van der Waals surface area contributed by atoms with E-state index < -0.39 is 0 Å². The van der Waals surface area contributed by atoms with Gasteiger partial charge in [-0.25, -0.2) is 0 Å². The smallest absolute Gasteiger partial charge is 0.238 e. The van der Waals surface area contributed by atoms with Crippen LogP contribution in [0, 0.1) is 12.8 Å². The van der Waals surface area contributed by atoms with Crippen LogP contribution in [0.25, 0.3) is 0 Å². The zero-order chi connectivity index (χ0) is 15.2. The van der Waals surface area contributed by atoms with Gasteiger partial charge in [0, 0.05) is 17.3 Å². The monoisotopic (exact) mass is 345 g/mol. The van der Waals surface area contributed by atoms with Gasteiger partial charge in [-0.05, 0) is 69.0 Å². The average molecular weight is 346 g/mol. The zero-order valence-electron chi connectivity index (χ0n) is 13.0. The van der Waals surface area contributed by atoms with Crippen molar-refractivity contribution in [2.24, 2.45) is 11.7 Å². The van der Waals surface area contributed by atoms with Crippen molar-refractivity contribution in [3.63, 3.8) is 0 Å². The van der Waals surface area contributed by atoms with Gasteiger partial charge in [0.05, 0.1) is 6.54 Å². The van der Waals surface area contributed by atoms with E-state index in [1.165, 1.54) is 6.42 Å². The number of rotatable bonds is 5. The number of likely N-dealkylation sites (tertiary alicyclic amines) is 1. The van der Waals surface area contributed by atoms with Gasteiger partial charge in [-0.1, -0.05) is 11.6 Å². The Balaban J connectivity index is 0.00000242. The van der Waals surface area contributed by atoms with Gasteiger partial charge < -0.3 is 11.1 Å². The van der Waals surface area contributed by atoms with Gasteiger partial charge in [-0.2, -0.15) is 0 Å². The molecule has 6 heteroatoms. The van der Waals surface area contributed by atoms with E-state index in [0.29, 0.717) is 17.5 Å². The molecule has 3 N–H and O–H groups in total. The van der Waals surface area contributed by atoms with Crippen LogP contribution in [0.5, 0.6) is 0 Å². The van der Waals surface area contributed by atoms with Crippen LogP contribution < -0.4 is 11.1 Å². The lowest BCUT2D eigenvalue weighted by Gasteiger charge is -2.32. The predicted molar refractivity (Wildman–Crippen MR) is 94.9 cm³/mol. The molecule has 4 nitrogen and oxygen atoms in total. The van der Waals surface area contributed by atoms with E-state index in [9.17, 15) is 4.79 Å². The van der Waals surface area contributed by atoms with Crippen molar-refractivity contribution in [1.82, 2.24) is 4.90 Å². The fourth-order valence-corrected chi connectivity index (χ4v) is 3.15. The van der Waals surface area contributed by atoms with E-state index in [1.54, 1.807) is 6.07 Å². The Kier molecular flexibility index (Phi) is 8.18. The van der Waals surface area contributed by atoms with E-state index in [4.69, 9.17) is 17.3 Å². The number of benzene rings is 1. The van der Waals surface area contributed by atoms with Crippen LogP contribution in [-0.2, 0) is 4.79 Å². The van der Waals surface area contributed by atoms with E-state index >= 15 is 0 Å². The maximum absolute atomic E-state index is 12.2. The molecule has 124 valence electrons. The lowest BCUT2D eigenvalue weighted by Crippen LogP contribution is -2.41. The number of amides is 1. The first kappa shape index (κ1) is 19.2. The number of nitrogens with one attached hydrogen (secondary N) is 1. The molecule has 0 aliphatic carbocycles. The van der Waals surface area contributed by atoms with Crippen LogP contribution >= 0.6 is 24.0 Å². The van der Waals surface area contributed by atoms with Crippen LogP contribution in [0.3, 0.4) is 0 Å². The van der Waals surface area contributed by atoms with Gasteiger partial charge >= 0.3 is 0 Å². The molecule has 1 heterocycles. The molecule has 2 rings (SSSR count). The number of carbonyl (C=O) groups excluding carboxylic acids is 1. The summed E-state index contributed by atoms with van der Waals surface area (Å²) >= 11 is 5.92. The maximum Gasteiger partial charge on any atom is 0.238 e. The number of piperidine rings is 1. The molecule has 1 fully saturated rings. The summed E-state index contributed by atoms with van der Waals surface area (Å²) in [6.07, 6.45) is 3.43.